The maximum absolute atomic E-state index is 11.6. The Morgan fingerprint density at radius 2 is 2.00 bits per heavy atom. The summed E-state index contributed by atoms with van der Waals surface area (Å²) in [5.74, 6) is -0.589. The van der Waals surface area contributed by atoms with Crippen LogP contribution in [-0.4, -0.2) is 49.6 Å². The SMILES string of the molecule is CNC(COC1CCCC(OC)C1)(C(=O)O)C1CC1. The molecule has 0 heterocycles. The van der Waals surface area contributed by atoms with Gasteiger partial charge < -0.3 is 19.9 Å². The second kappa shape index (κ2) is 6.20. The summed E-state index contributed by atoms with van der Waals surface area (Å²) in [7, 11) is 3.45. The molecule has 3 unspecified atom stereocenters. The van der Waals surface area contributed by atoms with Crippen molar-refractivity contribution in [3.63, 3.8) is 0 Å². The van der Waals surface area contributed by atoms with Gasteiger partial charge in [0.25, 0.3) is 0 Å². The van der Waals surface area contributed by atoms with Crippen LogP contribution >= 0.6 is 0 Å². The Morgan fingerprint density at radius 1 is 1.32 bits per heavy atom. The molecule has 3 atom stereocenters. The van der Waals surface area contributed by atoms with Gasteiger partial charge in [-0.25, -0.2) is 0 Å². The summed E-state index contributed by atoms with van der Waals surface area (Å²) in [5.41, 5.74) is -0.903. The third kappa shape index (κ3) is 3.27. The van der Waals surface area contributed by atoms with Crippen LogP contribution in [0.2, 0.25) is 0 Å². The molecule has 2 fully saturated rings. The van der Waals surface area contributed by atoms with E-state index >= 15 is 0 Å². The van der Waals surface area contributed by atoms with Gasteiger partial charge in [0.1, 0.15) is 5.54 Å². The lowest BCUT2D eigenvalue weighted by molar-refractivity contribution is -0.151. The van der Waals surface area contributed by atoms with E-state index in [1.54, 1.807) is 14.2 Å². The van der Waals surface area contributed by atoms with E-state index in [4.69, 9.17) is 9.47 Å². The lowest BCUT2D eigenvalue weighted by Gasteiger charge is -2.33. The zero-order valence-electron chi connectivity index (χ0n) is 11.9. The number of carboxylic acids is 1. The van der Waals surface area contributed by atoms with E-state index in [-0.39, 0.29) is 24.7 Å². The predicted molar refractivity (Wildman–Crippen MR) is 71.2 cm³/mol. The first kappa shape index (κ1) is 14.8. The van der Waals surface area contributed by atoms with Crippen LogP contribution in [0.25, 0.3) is 0 Å². The van der Waals surface area contributed by atoms with Gasteiger partial charge in [0, 0.05) is 7.11 Å². The molecule has 0 aliphatic heterocycles. The standard InChI is InChI=1S/C14H25NO4/c1-15-14(13(16)17,10-6-7-10)9-19-12-5-3-4-11(8-12)18-2/h10-12,15H,3-9H2,1-2H3,(H,16,17). The largest absolute Gasteiger partial charge is 0.480 e. The molecule has 0 amide bonds. The van der Waals surface area contributed by atoms with E-state index in [2.05, 4.69) is 5.32 Å². The van der Waals surface area contributed by atoms with Crippen molar-refractivity contribution in [2.75, 3.05) is 20.8 Å². The smallest absolute Gasteiger partial charge is 0.326 e. The third-order valence-electron chi connectivity index (χ3n) is 4.56. The molecule has 2 aliphatic carbocycles. The summed E-state index contributed by atoms with van der Waals surface area (Å²) in [6.45, 7) is 0.255. The number of hydrogen-bond donors (Lipinski definition) is 2. The van der Waals surface area contributed by atoms with Gasteiger partial charge in [0.15, 0.2) is 0 Å². The second-order valence-corrected chi connectivity index (χ2v) is 5.76. The van der Waals surface area contributed by atoms with Gasteiger partial charge in [-0.1, -0.05) is 0 Å². The second-order valence-electron chi connectivity index (χ2n) is 5.76. The Labute approximate surface area is 114 Å². The van der Waals surface area contributed by atoms with Gasteiger partial charge in [-0.15, -0.1) is 0 Å². The number of likely N-dealkylation sites (N-methyl/N-ethyl adjacent to an activating group) is 1. The summed E-state index contributed by atoms with van der Waals surface area (Å²) in [6, 6.07) is 0. The van der Waals surface area contributed by atoms with Crippen molar-refractivity contribution in [1.29, 1.82) is 0 Å². The van der Waals surface area contributed by atoms with Gasteiger partial charge in [-0.2, -0.15) is 0 Å². The number of carbonyl (C=O) groups is 1. The van der Waals surface area contributed by atoms with E-state index in [0.29, 0.717) is 0 Å². The van der Waals surface area contributed by atoms with E-state index in [9.17, 15) is 9.90 Å². The van der Waals surface area contributed by atoms with E-state index in [1.807, 2.05) is 0 Å². The number of nitrogens with one attached hydrogen (secondary N) is 1. The quantitative estimate of drug-likeness (QED) is 0.733. The van der Waals surface area contributed by atoms with Gasteiger partial charge >= 0.3 is 5.97 Å². The molecular formula is C14H25NO4. The number of hydrogen-bond acceptors (Lipinski definition) is 4. The van der Waals surface area contributed by atoms with Crippen molar-refractivity contribution in [1.82, 2.24) is 5.32 Å². The fourth-order valence-corrected chi connectivity index (χ4v) is 3.03. The molecule has 0 aromatic carbocycles. The maximum Gasteiger partial charge on any atom is 0.326 e. The number of rotatable bonds is 7. The summed E-state index contributed by atoms with van der Waals surface area (Å²) < 4.78 is 11.3. The average molecular weight is 271 g/mol. The molecule has 0 aromatic heterocycles. The molecule has 0 radical (unpaired) electrons. The molecule has 2 aliphatic rings. The predicted octanol–water partition coefficient (Wildman–Crippen LogP) is 1.41. The molecule has 0 aromatic rings. The Morgan fingerprint density at radius 3 is 2.53 bits per heavy atom. The van der Waals surface area contributed by atoms with Crippen LogP contribution < -0.4 is 5.32 Å². The van der Waals surface area contributed by atoms with Crippen molar-refractivity contribution in [3.8, 4) is 0 Å². The van der Waals surface area contributed by atoms with E-state index < -0.39 is 11.5 Å². The summed E-state index contributed by atoms with van der Waals surface area (Å²) in [6.07, 6.45) is 6.38. The Kier molecular flexibility index (Phi) is 4.81. The fraction of sp³-hybridized carbons (Fsp3) is 0.929. The maximum atomic E-state index is 11.6. The Bertz CT molecular complexity index is 319. The molecular weight excluding hydrogens is 246 g/mol. The first-order valence-corrected chi connectivity index (χ1v) is 7.19. The minimum atomic E-state index is -0.903. The Hall–Kier alpha value is -0.650. The van der Waals surface area contributed by atoms with Gasteiger partial charge in [0.05, 0.1) is 18.8 Å². The van der Waals surface area contributed by atoms with Crippen LogP contribution in [0.1, 0.15) is 38.5 Å². The normalized spacial score (nSPS) is 30.8. The number of ether oxygens (including phenoxy) is 2. The van der Waals surface area contributed by atoms with Gasteiger partial charge in [0.2, 0.25) is 0 Å². The number of carboxylic acid groups (broad SMARTS) is 1. The van der Waals surface area contributed by atoms with E-state index in [1.165, 1.54) is 0 Å². The van der Waals surface area contributed by atoms with Crippen LogP contribution in [-0.2, 0) is 14.3 Å². The van der Waals surface area contributed by atoms with Crippen LogP contribution in [0.4, 0.5) is 0 Å². The van der Waals surface area contributed by atoms with Crippen LogP contribution in [0.3, 0.4) is 0 Å². The molecule has 2 saturated carbocycles. The molecule has 0 bridgehead atoms. The zero-order chi connectivity index (χ0) is 13.9. The lowest BCUT2D eigenvalue weighted by Crippen LogP contribution is -2.56. The first-order chi connectivity index (χ1) is 9.12. The number of aliphatic carboxylic acids is 1. The van der Waals surface area contributed by atoms with Crippen molar-refractivity contribution in [2.45, 2.75) is 56.3 Å². The van der Waals surface area contributed by atoms with Crippen LogP contribution in [0.5, 0.6) is 0 Å². The molecule has 2 rings (SSSR count). The molecule has 0 spiro atoms. The van der Waals surface area contributed by atoms with Crippen molar-refractivity contribution < 1.29 is 19.4 Å². The topological polar surface area (TPSA) is 67.8 Å². The highest BCUT2D eigenvalue weighted by Crippen LogP contribution is 2.40. The highest BCUT2D eigenvalue weighted by Gasteiger charge is 2.51. The summed E-state index contributed by atoms with van der Waals surface area (Å²) in [5, 5.41) is 12.5. The number of methoxy groups -OCH3 is 1. The van der Waals surface area contributed by atoms with Crippen LogP contribution in [0.15, 0.2) is 0 Å². The van der Waals surface area contributed by atoms with Crippen molar-refractivity contribution in [3.05, 3.63) is 0 Å². The minimum Gasteiger partial charge on any atom is -0.480 e. The highest BCUT2D eigenvalue weighted by molar-refractivity contribution is 5.80. The lowest BCUT2D eigenvalue weighted by atomic mass is 9.92. The molecule has 0 saturated heterocycles. The van der Waals surface area contributed by atoms with Crippen molar-refractivity contribution >= 4 is 5.97 Å². The van der Waals surface area contributed by atoms with Gasteiger partial charge in [-0.3, -0.25) is 4.79 Å². The molecule has 5 nitrogen and oxygen atoms in total. The van der Waals surface area contributed by atoms with E-state index in [0.717, 1.165) is 38.5 Å². The first-order valence-electron chi connectivity index (χ1n) is 7.19. The molecule has 110 valence electrons. The molecule has 2 N–H and O–H groups in total. The molecule has 5 heteroatoms. The highest BCUT2D eigenvalue weighted by atomic mass is 16.5. The monoisotopic (exact) mass is 271 g/mol. The fourth-order valence-electron chi connectivity index (χ4n) is 3.03. The zero-order valence-corrected chi connectivity index (χ0v) is 11.9. The Balaban J connectivity index is 1.90. The van der Waals surface area contributed by atoms with Gasteiger partial charge in [-0.05, 0) is 51.5 Å². The van der Waals surface area contributed by atoms with Crippen molar-refractivity contribution in [2.24, 2.45) is 5.92 Å². The average Bonchev–Trinajstić information content (AvgIpc) is 3.25. The summed E-state index contributed by atoms with van der Waals surface area (Å²) in [4.78, 5) is 11.6. The third-order valence-corrected chi connectivity index (χ3v) is 4.56. The molecule has 19 heavy (non-hydrogen) atoms. The minimum absolute atomic E-state index is 0.129. The van der Waals surface area contributed by atoms with Crippen LogP contribution in [0, 0.1) is 5.92 Å². The summed E-state index contributed by atoms with van der Waals surface area (Å²) >= 11 is 0.